The third kappa shape index (κ3) is 3.03. The highest BCUT2D eigenvalue weighted by Crippen LogP contribution is 2.26. The summed E-state index contributed by atoms with van der Waals surface area (Å²) in [5.41, 5.74) is 1.83. The fourth-order valence-corrected chi connectivity index (χ4v) is 2.82. The summed E-state index contributed by atoms with van der Waals surface area (Å²) in [4.78, 5) is 0. The Morgan fingerprint density at radius 2 is 1.90 bits per heavy atom. The molecule has 0 aliphatic heterocycles. The molecule has 1 aromatic carbocycles. The van der Waals surface area contributed by atoms with E-state index in [1.807, 2.05) is 48.5 Å². The molecule has 20 heavy (non-hydrogen) atoms. The zero-order valence-electron chi connectivity index (χ0n) is 10.5. The molecule has 0 aliphatic rings. The average molecular weight is 303 g/mol. The first-order chi connectivity index (χ1) is 9.83. The molecule has 0 spiro atoms. The van der Waals surface area contributed by atoms with E-state index in [0.717, 1.165) is 32.8 Å². The van der Waals surface area contributed by atoms with Crippen molar-refractivity contribution in [2.45, 2.75) is 10.8 Å². The van der Waals surface area contributed by atoms with E-state index in [2.05, 4.69) is 10.2 Å². The number of aromatic nitrogens is 2. The van der Waals surface area contributed by atoms with Crippen LogP contribution in [0, 0.1) is 0 Å². The van der Waals surface area contributed by atoms with E-state index in [1.54, 1.807) is 18.0 Å². The van der Waals surface area contributed by atoms with Crippen LogP contribution in [0.1, 0.15) is 5.56 Å². The molecule has 3 nitrogen and oxygen atoms in total. The van der Waals surface area contributed by atoms with E-state index in [-0.39, 0.29) is 0 Å². The normalized spacial score (nSPS) is 10.7. The number of hydrogen-bond donors (Lipinski definition) is 0. The average Bonchev–Trinajstić information content (AvgIpc) is 3.01. The van der Waals surface area contributed by atoms with Gasteiger partial charge in [0.05, 0.1) is 6.26 Å². The van der Waals surface area contributed by atoms with Crippen LogP contribution in [-0.2, 0) is 5.75 Å². The van der Waals surface area contributed by atoms with Crippen LogP contribution in [0.4, 0.5) is 0 Å². The Bertz CT molecular complexity index is 683. The lowest BCUT2D eigenvalue weighted by Gasteiger charge is -2.03. The number of furan rings is 1. The second-order valence-electron chi connectivity index (χ2n) is 4.11. The molecule has 2 aromatic heterocycles. The van der Waals surface area contributed by atoms with Crippen LogP contribution in [0.3, 0.4) is 0 Å². The molecular weight excluding hydrogens is 292 g/mol. The molecule has 0 radical (unpaired) electrons. The summed E-state index contributed by atoms with van der Waals surface area (Å²) in [5.74, 6) is 1.49. The zero-order chi connectivity index (χ0) is 13.8. The van der Waals surface area contributed by atoms with E-state index in [4.69, 9.17) is 16.0 Å². The summed E-state index contributed by atoms with van der Waals surface area (Å²) in [7, 11) is 0. The summed E-state index contributed by atoms with van der Waals surface area (Å²) >= 11 is 7.73. The van der Waals surface area contributed by atoms with Crippen molar-refractivity contribution < 1.29 is 4.42 Å². The molecular formula is C15H11ClN2OS. The van der Waals surface area contributed by atoms with Gasteiger partial charge < -0.3 is 4.42 Å². The maximum atomic E-state index is 6.12. The van der Waals surface area contributed by atoms with E-state index >= 15 is 0 Å². The van der Waals surface area contributed by atoms with Crippen molar-refractivity contribution in [3.8, 4) is 11.5 Å². The van der Waals surface area contributed by atoms with Gasteiger partial charge in [0, 0.05) is 10.8 Å². The summed E-state index contributed by atoms with van der Waals surface area (Å²) in [6.45, 7) is 0. The molecule has 0 fully saturated rings. The van der Waals surface area contributed by atoms with Crippen molar-refractivity contribution in [3.63, 3.8) is 0 Å². The second-order valence-corrected chi connectivity index (χ2v) is 5.52. The monoisotopic (exact) mass is 302 g/mol. The van der Waals surface area contributed by atoms with Crippen LogP contribution < -0.4 is 0 Å². The fourth-order valence-electron chi connectivity index (χ4n) is 1.72. The largest absolute Gasteiger partial charge is 0.463 e. The smallest absolute Gasteiger partial charge is 0.154 e. The number of nitrogens with zero attached hydrogens (tertiary/aromatic N) is 2. The Morgan fingerprint density at radius 1 is 1.00 bits per heavy atom. The van der Waals surface area contributed by atoms with Gasteiger partial charge in [-0.3, -0.25) is 0 Å². The second kappa shape index (κ2) is 6.11. The van der Waals surface area contributed by atoms with Crippen LogP contribution in [0.15, 0.2) is 64.2 Å². The Morgan fingerprint density at radius 3 is 2.60 bits per heavy atom. The maximum absolute atomic E-state index is 6.12. The Balaban J connectivity index is 1.68. The highest BCUT2D eigenvalue weighted by molar-refractivity contribution is 7.98. The van der Waals surface area contributed by atoms with Crippen LogP contribution in [0.5, 0.6) is 0 Å². The quantitative estimate of drug-likeness (QED) is 0.656. The highest BCUT2D eigenvalue weighted by atomic mass is 35.5. The molecule has 0 saturated heterocycles. The Labute approximate surface area is 126 Å². The number of rotatable bonds is 4. The molecule has 0 bridgehead atoms. The number of hydrogen-bond acceptors (Lipinski definition) is 4. The zero-order valence-corrected chi connectivity index (χ0v) is 12.1. The standard InChI is InChI=1S/C15H11ClN2OS/c16-12-5-2-1-4-11(12)10-20-15-8-7-13(17-18-15)14-6-3-9-19-14/h1-9H,10H2. The summed E-state index contributed by atoms with van der Waals surface area (Å²) in [6.07, 6.45) is 1.62. The minimum absolute atomic E-state index is 0.722. The van der Waals surface area contributed by atoms with Crippen LogP contribution in [0.2, 0.25) is 5.02 Å². The van der Waals surface area contributed by atoms with E-state index in [0.29, 0.717) is 0 Å². The van der Waals surface area contributed by atoms with Gasteiger partial charge in [-0.15, -0.1) is 10.2 Å². The van der Waals surface area contributed by atoms with Crippen molar-refractivity contribution in [1.29, 1.82) is 0 Å². The van der Waals surface area contributed by atoms with Gasteiger partial charge in [-0.2, -0.15) is 0 Å². The van der Waals surface area contributed by atoms with Crippen molar-refractivity contribution >= 4 is 23.4 Å². The topological polar surface area (TPSA) is 38.9 Å². The molecule has 0 saturated carbocycles. The third-order valence-corrected chi connectivity index (χ3v) is 4.08. The van der Waals surface area contributed by atoms with Gasteiger partial charge >= 0.3 is 0 Å². The van der Waals surface area contributed by atoms with Gasteiger partial charge in [0.25, 0.3) is 0 Å². The van der Waals surface area contributed by atoms with E-state index in [1.165, 1.54) is 0 Å². The summed E-state index contributed by atoms with van der Waals surface area (Å²) < 4.78 is 5.28. The molecule has 0 unspecified atom stereocenters. The molecule has 0 amide bonds. The van der Waals surface area contributed by atoms with Gasteiger partial charge in [0.1, 0.15) is 10.7 Å². The minimum atomic E-state index is 0.722. The predicted molar refractivity (Wildman–Crippen MR) is 80.7 cm³/mol. The Hall–Kier alpha value is -1.78. The lowest BCUT2D eigenvalue weighted by molar-refractivity contribution is 0.578. The minimum Gasteiger partial charge on any atom is -0.463 e. The molecule has 100 valence electrons. The number of thioether (sulfide) groups is 1. The molecule has 2 heterocycles. The van der Waals surface area contributed by atoms with Gasteiger partial charge in [-0.25, -0.2) is 0 Å². The molecule has 3 aromatic rings. The van der Waals surface area contributed by atoms with Gasteiger partial charge in [0.15, 0.2) is 5.76 Å². The Kier molecular flexibility index (Phi) is 4.04. The lowest BCUT2D eigenvalue weighted by Crippen LogP contribution is -1.89. The molecule has 0 atom stereocenters. The van der Waals surface area contributed by atoms with Crippen molar-refractivity contribution in [3.05, 3.63) is 65.4 Å². The van der Waals surface area contributed by atoms with Crippen LogP contribution in [0.25, 0.3) is 11.5 Å². The first-order valence-corrected chi connectivity index (χ1v) is 7.43. The summed E-state index contributed by atoms with van der Waals surface area (Å²) in [6, 6.07) is 15.3. The number of benzene rings is 1. The maximum Gasteiger partial charge on any atom is 0.154 e. The predicted octanol–water partition coefficient (Wildman–Crippen LogP) is 4.68. The van der Waals surface area contributed by atoms with Crippen molar-refractivity contribution in [1.82, 2.24) is 10.2 Å². The fraction of sp³-hybridized carbons (Fsp3) is 0.0667. The molecule has 3 rings (SSSR count). The number of halogens is 1. The summed E-state index contributed by atoms with van der Waals surface area (Å²) in [5, 5.41) is 9.99. The van der Waals surface area contributed by atoms with Crippen LogP contribution >= 0.6 is 23.4 Å². The third-order valence-electron chi connectivity index (χ3n) is 2.75. The van der Waals surface area contributed by atoms with Crippen molar-refractivity contribution in [2.75, 3.05) is 0 Å². The first kappa shape index (κ1) is 13.2. The highest BCUT2D eigenvalue weighted by Gasteiger charge is 2.05. The van der Waals surface area contributed by atoms with E-state index in [9.17, 15) is 0 Å². The first-order valence-electron chi connectivity index (χ1n) is 6.07. The molecule has 5 heteroatoms. The lowest BCUT2D eigenvalue weighted by atomic mass is 10.2. The van der Waals surface area contributed by atoms with Crippen molar-refractivity contribution in [2.24, 2.45) is 0 Å². The van der Waals surface area contributed by atoms with Gasteiger partial charge in [-0.05, 0) is 35.9 Å². The SMILES string of the molecule is Clc1ccccc1CSc1ccc(-c2ccco2)nn1. The molecule has 0 N–H and O–H groups in total. The van der Waals surface area contributed by atoms with Gasteiger partial charge in [0.2, 0.25) is 0 Å². The van der Waals surface area contributed by atoms with Crippen LogP contribution in [-0.4, -0.2) is 10.2 Å². The molecule has 0 aliphatic carbocycles. The van der Waals surface area contributed by atoms with Gasteiger partial charge in [-0.1, -0.05) is 41.6 Å². The van der Waals surface area contributed by atoms with E-state index < -0.39 is 0 Å².